The Hall–Kier alpha value is -2.08. The van der Waals surface area contributed by atoms with Crippen LogP contribution in [0.2, 0.25) is 0 Å². The van der Waals surface area contributed by atoms with Gasteiger partial charge >= 0.3 is 0 Å². The van der Waals surface area contributed by atoms with Gasteiger partial charge < -0.3 is 19.6 Å². The Bertz CT molecular complexity index is 552. The molecule has 0 radical (unpaired) electrons. The monoisotopic (exact) mass is 263 g/mol. The summed E-state index contributed by atoms with van der Waals surface area (Å²) in [6, 6.07) is 5.40. The van der Waals surface area contributed by atoms with E-state index in [0.29, 0.717) is 23.3 Å². The van der Waals surface area contributed by atoms with E-state index in [2.05, 4.69) is 10.2 Å². The lowest BCUT2D eigenvalue weighted by molar-refractivity contribution is 0.245. The number of nitrogens with two attached hydrogens (primary N) is 1. The van der Waals surface area contributed by atoms with Gasteiger partial charge in [-0.1, -0.05) is 6.07 Å². The van der Waals surface area contributed by atoms with Gasteiger partial charge in [0.25, 0.3) is 5.89 Å². The molecule has 0 aliphatic heterocycles. The summed E-state index contributed by atoms with van der Waals surface area (Å²) in [7, 11) is 1.60. The van der Waals surface area contributed by atoms with Crippen molar-refractivity contribution in [2.75, 3.05) is 7.11 Å². The molecule has 6 heteroatoms. The number of rotatable bonds is 5. The summed E-state index contributed by atoms with van der Waals surface area (Å²) in [5.74, 6) is 2.09. The zero-order chi connectivity index (χ0) is 13.8. The van der Waals surface area contributed by atoms with E-state index in [0.717, 1.165) is 5.56 Å². The third-order valence-corrected chi connectivity index (χ3v) is 2.54. The summed E-state index contributed by atoms with van der Waals surface area (Å²) in [5.41, 5.74) is 6.74. The van der Waals surface area contributed by atoms with Gasteiger partial charge in [-0.15, -0.1) is 10.2 Å². The van der Waals surface area contributed by atoms with Crippen LogP contribution in [0.1, 0.15) is 30.3 Å². The van der Waals surface area contributed by atoms with Crippen molar-refractivity contribution in [3.8, 4) is 11.5 Å². The fourth-order valence-corrected chi connectivity index (χ4v) is 1.54. The smallest absolute Gasteiger partial charge is 0.253 e. The molecule has 102 valence electrons. The van der Waals surface area contributed by atoms with E-state index in [1.165, 1.54) is 0 Å². The number of nitrogens with zero attached hydrogens (tertiary/aromatic N) is 2. The number of ether oxygens (including phenoxy) is 2. The predicted molar refractivity (Wildman–Crippen MR) is 69.0 cm³/mol. The first-order chi connectivity index (χ1) is 9.10. The molecule has 2 rings (SSSR count). The minimum absolute atomic E-state index is 0.180. The highest BCUT2D eigenvalue weighted by atomic mass is 16.5. The van der Waals surface area contributed by atoms with Gasteiger partial charge in [-0.3, -0.25) is 0 Å². The summed E-state index contributed by atoms with van der Waals surface area (Å²) < 4.78 is 16.2. The van der Waals surface area contributed by atoms with E-state index >= 15 is 0 Å². The minimum atomic E-state index is -0.282. The van der Waals surface area contributed by atoms with Crippen LogP contribution in [-0.2, 0) is 6.61 Å². The lowest BCUT2D eigenvalue weighted by Crippen LogP contribution is -2.04. The first-order valence-electron chi connectivity index (χ1n) is 5.95. The third-order valence-electron chi connectivity index (χ3n) is 2.54. The van der Waals surface area contributed by atoms with E-state index in [-0.39, 0.29) is 12.6 Å². The average molecular weight is 263 g/mol. The van der Waals surface area contributed by atoms with Crippen LogP contribution in [0.5, 0.6) is 11.5 Å². The van der Waals surface area contributed by atoms with E-state index < -0.39 is 0 Å². The summed E-state index contributed by atoms with van der Waals surface area (Å²) in [6.07, 6.45) is 0. The topological polar surface area (TPSA) is 83.4 Å². The second-order valence-electron chi connectivity index (χ2n) is 4.27. The first kappa shape index (κ1) is 13.4. The molecule has 0 fully saturated rings. The van der Waals surface area contributed by atoms with Gasteiger partial charge in [-0.05, 0) is 31.5 Å². The van der Waals surface area contributed by atoms with E-state index in [1.54, 1.807) is 14.0 Å². The minimum Gasteiger partial charge on any atom is -0.493 e. The van der Waals surface area contributed by atoms with Crippen molar-refractivity contribution in [3.05, 3.63) is 35.5 Å². The van der Waals surface area contributed by atoms with Crippen molar-refractivity contribution in [2.24, 2.45) is 5.73 Å². The SMILES string of the molecule is COc1cc(C)ccc1OCc1nnc(C(C)N)o1. The summed E-state index contributed by atoms with van der Waals surface area (Å²) in [5, 5.41) is 7.69. The number of benzene rings is 1. The maximum Gasteiger partial charge on any atom is 0.253 e. The summed E-state index contributed by atoms with van der Waals surface area (Å²) in [6.45, 7) is 3.94. The normalized spacial score (nSPS) is 12.2. The molecule has 2 N–H and O–H groups in total. The molecule has 6 nitrogen and oxygen atoms in total. The van der Waals surface area contributed by atoms with E-state index in [9.17, 15) is 0 Å². The molecule has 0 aliphatic carbocycles. The molecule has 0 spiro atoms. The van der Waals surface area contributed by atoms with Crippen LogP contribution in [-0.4, -0.2) is 17.3 Å². The van der Waals surface area contributed by atoms with Crippen LogP contribution in [0.15, 0.2) is 22.6 Å². The molecule has 0 bridgehead atoms. The van der Waals surface area contributed by atoms with E-state index in [4.69, 9.17) is 19.6 Å². The quantitative estimate of drug-likeness (QED) is 0.888. The van der Waals surface area contributed by atoms with Crippen LogP contribution in [0.3, 0.4) is 0 Å². The van der Waals surface area contributed by atoms with Gasteiger partial charge in [0, 0.05) is 0 Å². The van der Waals surface area contributed by atoms with Crippen LogP contribution >= 0.6 is 0 Å². The molecule has 2 aromatic rings. The highest BCUT2D eigenvalue weighted by Crippen LogP contribution is 2.28. The van der Waals surface area contributed by atoms with Crippen molar-refractivity contribution in [1.82, 2.24) is 10.2 Å². The Balaban J connectivity index is 2.05. The van der Waals surface area contributed by atoms with Gasteiger partial charge in [-0.25, -0.2) is 0 Å². The van der Waals surface area contributed by atoms with Gasteiger partial charge in [0.1, 0.15) is 0 Å². The van der Waals surface area contributed by atoms with Crippen molar-refractivity contribution < 1.29 is 13.9 Å². The lowest BCUT2D eigenvalue weighted by Gasteiger charge is -2.09. The maximum absolute atomic E-state index is 5.64. The number of aryl methyl sites for hydroxylation is 1. The largest absolute Gasteiger partial charge is 0.493 e. The lowest BCUT2D eigenvalue weighted by atomic mass is 10.2. The molecule has 0 aliphatic rings. The highest BCUT2D eigenvalue weighted by molar-refractivity contribution is 5.42. The highest BCUT2D eigenvalue weighted by Gasteiger charge is 2.11. The fraction of sp³-hybridized carbons (Fsp3) is 0.385. The molecule has 1 aromatic heterocycles. The van der Waals surface area contributed by atoms with Crippen molar-refractivity contribution >= 4 is 0 Å². The molecule has 1 unspecified atom stereocenters. The average Bonchev–Trinajstić information content (AvgIpc) is 2.86. The fourth-order valence-electron chi connectivity index (χ4n) is 1.54. The van der Waals surface area contributed by atoms with Gasteiger partial charge in [0.05, 0.1) is 13.2 Å². The van der Waals surface area contributed by atoms with Gasteiger partial charge in [0.2, 0.25) is 5.89 Å². The van der Waals surface area contributed by atoms with Crippen LogP contribution in [0.25, 0.3) is 0 Å². The zero-order valence-corrected chi connectivity index (χ0v) is 11.2. The molecule has 0 saturated heterocycles. The molecular weight excluding hydrogens is 246 g/mol. The summed E-state index contributed by atoms with van der Waals surface area (Å²) >= 11 is 0. The van der Waals surface area contributed by atoms with Crippen molar-refractivity contribution in [3.63, 3.8) is 0 Å². The second-order valence-corrected chi connectivity index (χ2v) is 4.27. The maximum atomic E-state index is 5.64. The zero-order valence-electron chi connectivity index (χ0n) is 11.2. The second kappa shape index (κ2) is 5.71. The standard InChI is InChI=1S/C13H17N3O3/c1-8-4-5-10(11(6-8)17-3)18-7-12-15-16-13(19-12)9(2)14/h4-6,9H,7,14H2,1-3H3. The number of hydrogen-bond donors (Lipinski definition) is 1. The predicted octanol–water partition coefficient (Wildman–Crippen LogP) is 1.99. The van der Waals surface area contributed by atoms with Crippen molar-refractivity contribution in [2.45, 2.75) is 26.5 Å². The Morgan fingerprint density at radius 2 is 2.11 bits per heavy atom. The third kappa shape index (κ3) is 3.23. The Kier molecular flexibility index (Phi) is 4.01. The molecular formula is C13H17N3O3. The van der Waals surface area contributed by atoms with Gasteiger partial charge in [0.15, 0.2) is 18.1 Å². The van der Waals surface area contributed by atoms with Crippen molar-refractivity contribution in [1.29, 1.82) is 0 Å². The van der Waals surface area contributed by atoms with E-state index in [1.807, 2.05) is 25.1 Å². The van der Waals surface area contributed by atoms with Crippen LogP contribution in [0, 0.1) is 6.92 Å². The number of methoxy groups -OCH3 is 1. The van der Waals surface area contributed by atoms with Crippen LogP contribution < -0.4 is 15.2 Å². The Morgan fingerprint density at radius 3 is 2.74 bits per heavy atom. The Labute approximate surface area is 111 Å². The van der Waals surface area contributed by atoms with Gasteiger partial charge in [-0.2, -0.15) is 0 Å². The molecule has 1 heterocycles. The summed E-state index contributed by atoms with van der Waals surface area (Å²) in [4.78, 5) is 0. The number of hydrogen-bond acceptors (Lipinski definition) is 6. The molecule has 1 aromatic carbocycles. The van der Waals surface area contributed by atoms with Crippen LogP contribution in [0.4, 0.5) is 0 Å². The first-order valence-corrected chi connectivity index (χ1v) is 5.95. The number of aromatic nitrogens is 2. The molecule has 19 heavy (non-hydrogen) atoms. The Morgan fingerprint density at radius 1 is 1.32 bits per heavy atom. The molecule has 0 saturated carbocycles. The molecule has 1 atom stereocenters. The molecule has 0 amide bonds.